The van der Waals surface area contributed by atoms with E-state index >= 15 is 0 Å². The summed E-state index contributed by atoms with van der Waals surface area (Å²) in [6.45, 7) is 4.03. The Labute approximate surface area is 188 Å². The van der Waals surface area contributed by atoms with Crippen LogP contribution in [-0.4, -0.2) is 16.0 Å². The minimum Gasteiger partial charge on any atom is -0.436 e. The molecule has 2 N–H and O–H groups in total. The number of oxazole rings is 1. The molecule has 1 aromatic heterocycles. The van der Waals surface area contributed by atoms with Crippen molar-refractivity contribution >= 4 is 51.6 Å². The number of nitrogens with zero attached hydrogens (tertiary/aromatic N) is 1. The molecule has 4 aromatic rings. The van der Waals surface area contributed by atoms with Crippen molar-refractivity contribution in [3.63, 3.8) is 0 Å². The second-order valence-electron chi connectivity index (χ2n) is 7.03. The van der Waals surface area contributed by atoms with Gasteiger partial charge in [0, 0.05) is 11.3 Å². The van der Waals surface area contributed by atoms with Crippen LogP contribution in [0.15, 0.2) is 59.0 Å². The lowest BCUT2D eigenvalue weighted by Gasteiger charge is -2.11. The summed E-state index contributed by atoms with van der Waals surface area (Å²) in [6, 6.07) is 14.2. The normalized spacial score (nSPS) is 10.8. The molecule has 1 heterocycles. The molecular weight excluding hydrogens is 437 g/mol. The van der Waals surface area contributed by atoms with Crippen LogP contribution >= 0.6 is 23.8 Å². The van der Waals surface area contributed by atoms with Gasteiger partial charge in [0.1, 0.15) is 11.3 Å². The number of carbonyl (C=O) groups is 1. The molecule has 0 saturated heterocycles. The Morgan fingerprint density at radius 3 is 2.52 bits per heavy atom. The third-order valence-electron chi connectivity index (χ3n) is 4.79. The topological polar surface area (TPSA) is 67.2 Å². The molecule has 8 heteroatoms. The van der Waals surface area contributed by atoms with Gasteiger partial charge in [-0.05, 0) is 91.8 Å². The first-order valence-corrected chi connectivity index (χ1v) is 10.1. The number of aromatic nitrogens is 1. The van der Waals surface area contributed by atoms with E-state index in [9.17, 15) is 9.18 Å². The number of benzene rings is 3. The van der Waals surface area contributed by atoms with Crippen molar-refractivity contribution in [1.29, 1.82) is 0 Å². The number of carbonyl (C=O) groups excluding carboxylic acids is 1. The van der Waals surface area contributed by atoms with Crippen LogP contribution in [0.3, 0.4) is 0 Å². The molecule has 0 spiro atoms. The van der Waals surface area contributed by atoms with E-state index in [4.69, 9.17) is 28.2 Å². The minimum absolute atomic E-state index is 0.0893. The predicted octanol–water partition coefficient (Wildman–Crippen LogP) is 6.03. The fraction of sp³-hybridized carbons (Fsp3) is 0.0870. The van der Waals surface area contributed by atoms with E-state index in [2.05, 4.69) is 15.6 Å². The summed E-state index contributed by atoms with van der Waals surface area (Å²) in [6.07, 6.45) is 0. The first-order chi connectivity index (χ1) is 14.8. The minimum atomic E-state index is -0.448. The number of hydrogen-bond donors (Lipinski definition) is 2. The van der Waals surface area contributed by atoms with Crippen LogP contribution in [0.4, 0.5) is 10.1 Å². The maximum atomic E-state index is 13.0. The molecule has 0 radical (unpaired) electrons. The Kier molecular flexibility index (Phi) is 5.71. The van der Waals surface area contributed by atoms with Crippen molar-refractivity contribution in [2.24, 2.45) is 0 Å². The van der Waals surface area contributed by atoms with E-state index in [0.717, 1.165) is 16.6 Å². The molecule has 0 bridgehead atoms. The second-order valence-corrected chi connectivity index (χ2v) is 7.85. The highest BCUT2D eigenvalue weighted by Crippen LogP contribution is 2.33. The van der Waals surface area contributed by atoms with Crippen LogP contribution < -0.4 is 10.6 Å². The Morgan fingerprint density at radius 1 is 1.06 bits per heavy atom. The van der Waals surface area contributed by atoms with Gasteiger partial charge in [-0.2, -0.15) is 0 Å². The average Bonchev–Trinajstić information content (AvgIpc) is 3.12. The highest BCUT2D eigenvalue weighted by atomic mass is 35.5. The fourth-order valence-corrected chi connectivity index (χ4v) is 3.41. The summed E-state index contributed by atoms with van der Waals surface area (Å²) in [4.78, 5) is 16.8. The van der Waals surface area contributed by atoms with Gasteiger partial charge in [0.05, 0.1) is 10.6 Å². The fourth-order valence-electron chi connectivity index (χ4n) is 3.00. The molecule has 0 aliphatic rings. The molecule has 0 unspecified atom stereocenters. The lowest BCUT2D eigenvalue weighted by Crippen LogP contribution is -2.34. The first kappa shape index (κ1) is 21.0. The zero-order chi connectivity index (χ0) is 22.1. The number of rotatable bonds is 3. The highest BCUT2D eigenvalue weighted by molar-refractivity contribution is 7.80. The molecule has 0 aliphatic carbocycles. The lowest BCUT2D eigenvalue weighted by atomic mass is 10.1. The van der Waals surface area contributed by atoms with E-state index in [0.29, 0.717) is 33.3 Å². The molecule has 5 nitrogen and oxygen atoms in total. The third kappa shape index (κ3) is 4.57. The summed E-state index contributed by atoms with van der Waals surface area (Å²) in [5.74, 6) is -0.484. The number of thiocarbonyl (C=S) groups is 1. The van der Waals surface area contributed by atoms with E-state index in [1.54, 1.807) is 18.2 Å². The van der Waals surface area contributed by atoms with E-state index in [1.807, 2.05) is 26.0 Å². The van der Waals surface area contributed by atoms with Crippen molar-refractivity contribution in [3.8, 4) is 11.5 Å². The number of anilines is 1. The van der Waals surface area contributed by atoms with Gasteiger partial charge in [-0.3, -0.25) is 10.1 Å². The van der Waals surface area contributed by atoms with Crippen LogP contribution in [0.1, 0.15) is 21.5 Å². The van der Waals surface area contributed by atoms with Crippen molar-refractivity contribution in [1.82, 2.24) is 10.3 Å². The number of nitrogens with one attached hydrogen (secondary N) is 2. The molecular formula is C23H17ClFN3O2S. The van der Waals surface area contributed by atoms with Gasteiger partial charge in [0.25, 0.3) is 5.91 Å². The van der Waals surface area contributed by atoms with Crippen LogP contribution in [0, 0.1) is 19.7 Å². The van der Waals surface area contributed by atoms with Gasteiger partial charge in [-0.25, -0.2) is 9.37 Å². The summed E-state index contributed by atoms with van der Waals surface area (Å²) in [5, 5.41) is 6.05. The number of fused-ring (bicyclic) bond motifs is 1. The van der Waals surface area contributed by atoms with Gasteiger partial charge in [-0.15, -0.1) is 0 Å². The predicted molar refractivity (Wildman–Crippen MR) is 124 cm³/mol. The zero-order valence-corrected chi connectivity index (χ0v) is 18.2. The monoisotopic (exact) mass is 453 g/mol. The van der Waals surface area contributed by atoms with Crippen LogP contribution in [0.25, 0.3) is 22.6 Å². The summed E-state index contributed by atoms with van der Waals surface area (Å²) in [5.41, 5.74) is 5.13. The molecule has 1 amide bonds. The molecule has 0 atom stereocenters. The molecule has 0 aliphatic heterocycles. The van der Waals surface area contributed by atoms with Crippen molar-refractivity contribution < 1.29 is 13.6 Å². The quantitative estimate of drug-likeness (QED) is 0.371. The summed E-state index contributed by atoms with van der Waals surface area (Å²) < 4.78 is 18.9. The molecule has 3 aromatic carbocycles. The second kappa shape index (κ2) is 8.45. The molecule has 156 valence electrons. The Bertz CT molecular complexity index is 1280. The van der Waals surface area contributed by atoms with Gasteiger partial charge in [0.15, 0.2) is 10.7 Å². The van der Waals surface area contributed by atoms with Crippen molar-refractivity contribution in [3.05, 3.63) is 82.1 Å². The molecule has 0 fully saturated rings. The lowest BCUT2D eigenvalue weighted by molar-refractivity contribution is 0.0977. The molecule has 31 heavy (non-hydrogen) atoms. The van der Waals surface area contributed by atoms with E-state index in [-0.39, 0.29) is 5.11 Å². The number of halogens is 2. The maximum Gasteiger partial charge on any atom is 0.257 e. The Hall–Kier alpha value is -3.29. The largest absolute Gasteiger partial charge is 0.436 e. The van der Waals surface area contributed by atoms with Gasteiger partial charge < -0.3 is 9.73 Å². The molecule has 0 saturated carbocycles. The standard InChI is InChI=1S/C23H17ClFN3O2S/c1-12-9-19-20(10-13(12)2)30-22(27-19)17-11-16(7-8-18(17)24)26-23(31)28-21(29)14-3-5-15(25)6-4-14/h3-11H,1-2H3,(H2,26,28,29,31). The van der Waals surface area contributed by atoms with E-state index < -0.39 is 11.7 Å². The SMILES string of the molecule is Cc1cc2nc(-c3cc(NC(=S)NC(=O)c4ccc(F)cc4)ccc3Cl)oc2cc1C. The first-order valence-electron chi connectivity index (χ1n) is 9.36. The van der Waals surface area contributed by atoms with Crippen LogP contribution in [-0.2, 0) is 0 Å². The zero-order valence-electron chi connectivity index (χ0n) is 16.6. The highest BCUT2D eigenvalue weighted by Gasteiger charge is 2.14. The van der Waals surface area contributed by atoms with Gasteiger partial charge in [0.2, 0.25) is 5.89 Å². The summed E-state index contributed by atoms with van der Waals surface area (Å²) >= 11 is 11.6. The third-order valence-corrected chi connectivity index (χ3v) is 5.33. The smallest absolute Gasteiger partial charge is 0.257 e. The van der Waals surface area contributed by atoms with Gasteiger partial charge >= 0.3 is 0 Å². The van der Waals surface area contributed by atoms with Crippen molar-refractivity contribution in [2.45, 2.75) is 13.8 Å². The van der Waals surface area contributed by atoms with Gasteiger partial charge in [-0.1, -0.05) is 11.6 Å². The Balaban J connectivity index is 1.54. The number of amides is 1. The summed E-state index contributed by atoms with van der Waals surface area (Å²) in [7, 11) is 0. The van der Waals surface area contributed by atoms with Crippen molar-refractivity contribution in [2.75, 3.05) is 5.32 Å². The Morgan fingerprint density at radius 2 is 1.77 bits per heavy atom. The number of hydrogen-bond acceptors (Lipinski definition) is 4. The van der Waals surface area contributed by atoms with E-state index in [1.165, 1.54) is 24.3 Å². The number of aryl methyl sites for hydroxylation is 2. The van der Waals surface area contributed by atoms with Crippen LogP contribution in [0.5, 0.6) is 0 Å². The maximum absolute atomic E-state index is 13.0. The van der Waals surface area contributed by atoms with Crippen LogP contribution in [0.2, 0.25) is 5.02 Å². The molecule has 4 rings (SSSR count). The average molecular weight is 454 g/mol.